The molecule has 0 amide bonds. The number of rotatable bonds is 5. The molecule has 0 bridgehead atoms. The standard InChI is InChI=1S/C26H22N4O2S/c1-16-8-11-19(12-9-16)24-29-28-23(32-24)15-33-26-27-21-7-5-4-6-20(21)25(31)30(26)22-13-10-17(2)14-18(22)3/h4-14H,15H2,1-3H3. The molecule has 164 valence electrons. The van der Waals surface area contributed by atoms with E-state index in [2.05, 4.69) is 16.3 Å². The van der Waals surface area contributed by atoms with E-state index in [0.29, 0.717) is 33.6 Å². The van der Waals surface area contributed by atoms with Crippen LogP contribution in [0.2, 0.25) is 0 Å². The molecular formula is C26H22N4O2S. The van der Waals surface area contributed by atoms with Gasteiger partial charge in [0.05, 0.1) is 22.3 Å². The molecule has 0 aliphatic rings. The number of aryl methyl sites for hydroxylation is 3. The number of fused-ring (bicyclic) bond motifs is 1. The smallest absolute Gasteiger partial charge is 0.266 e. The molecule has 0 aliphatic heterocycles. The minimum atomic E-state index is -0.0964. The van der Waals surface area contributed by atoms with E-state index < -0.39 is 0 Å². The first-order valence-electron chi connectivity index (χ1n) is 10.6. The molecule has 0 saturated carbocycles. The summed E-state index contributed by atoms with van der Waals surface area (Å²) in [5, 5.41) is 9.54. The van der Waals surface area contributed by atoms with E-state index in [1.165, 1.54) is 17.3 Å². The first kappa shape index (κ1) is 21.2. The summed E-state index contributed by atoms with van der Waals surface area (Å²) in [6.45, 7) is 6.07. The van der Waals surface area contributed by atoms with Crippen molar-refractivity contribution >= 4 is 22.7 Å². The molecule has 3 aromatic carbocycles. The van der Waals surface area contributed by atoms with Gasteiger partial charge in [-0.05, 0) is 56.7 Å². The molecule has 7 heteroatoms. The van der Waals surface area contributed by atoms with Crippen LogP contribution in [0.25, 0.3) is 28.0 Å². The SMILES string of the molecule is Cc1ccc(-c2nnc(CSc3nc4ccccc4c(=O)n3-c3ccc(C)cc3C)o2)cc1. The Labute approximate surface area is 195 Å². The first-order chi connectivity index (χ1) is 16.0. The third kappa shape index (κ3) is 4.19. The molecule has 6 nitrogen and oxygen atoms in total. The van der Waals surface area contributed by atoms with Gasteiger partial charge in [-0.15, -0.1) is 10.2 Å². The largest absolute Gasteiger partial charge is 0.420 e. The summed E-state index contributed by atoms with van der Waals surface area (Å²) in [5.41, 5.74) is 5.58. The lowest BCUT2D eigenvalue weighted by molar-refractivity contribution is 0.528. The van der Waals surface area contributed by atoms with Gasteiger partial charge in [-0.2, -0.15) is 0 Å². The quantitative estimate of drug-likeness (QED) is 0.252. The Morgan fingerprint density at radius 2 is 1.67 bits per heavy atom. The molecule has 5 aromatic rings. The third-order valence-electron chi connectivity index (χ3n) is 5.43. The van der Waals surface area contributed by atoms with E-state index in [1.54, 1.807) is 4.57 Å². The van der Waals surface area contributed by atoms with Crippen molar-refractivity contribution in [1.29, 1.82) is 0 Å². The van der Waals surface area contributed by atoms with Crippen LogP contribution in [-0.2, 0) is 5.75 Å². The predicted octanol–water partition coefficient (Wildman–Crippen LogP) is 5.65. The Morgan fingerprint density at radius 1 is 0.909 bits per heavy atom. The lowest BCUT2D eigenvalue weighted by Gasteiger charge is -2.15. The molecule has 0 saturated heterocycles. The monoisotopic (exact) mass is 454 g/mol. The van der Waals surface area contributed by atoms with Crippen molar-refractivity contribution in [3.05, 3.63) is 99.7 Å². The Morgan fingerprint density at radius 3 is 2.45 bits per heavy atom. The fourth-order valence-electron chi connectivity index (χ4n) is 3.73. The van der Waals surface area contributed by atoms with Crippen LogP contribution in [0.3, 0.4) is 0 Å². The second kappa shape index (κ2) is 8.67. The zero-order valence-corrected chi connectivity index (χ0v) is 19.4. The number of benzene rings is 3. The molecule has 0 aliphatic carbocycles. The van der Waals surface area contributed by atoms with E-state index in [0.717, 1.165) is 22.4 Å². The highest BCUT2D eigenvalue weighted by Gasteiger charge is 2.17. The highest BCUT2D eigenvalue weighted by atomic mass is 32.2. The Bertz CT molecular complexity index is 1520. The maximum atomic E-state index is 13.5. The molecule has 5 rings (SSSR count). The molecular weight excluding hydrogens is 432 g/mol. The molecule has 0 spiro atoms. The number of aromatic nitrogens is 4. The Balaban J connectivity index is 1.53. The second-order valence-electron chi connectivity index (χ2n) is 8.00. The van der Waals surface area contributed by atoms with Gasteiger partial charge in [0.2, 0.25) is 11.8 Å². The summed E-state index contributed by atoms with van der Waals surface area (Å²) < 4.78 is 7.56. The predicted molar refractivity (Wildman–Crippen MR) is 131 cm³/mol. The van der Waals surface area contributed by atoms with Gasteiger partial charge in [-0.1, -0.05) is 59.3 Å². The summed E-state index contributed by atoms with van der Waals surface area (Å²) in [6, 6.07) is 21.4. The minimum absolute atomic E-state index is 0.0964. The molecule has 33 heavy (non-hydrogen) atoms. The van der Waals surface area contributed by atoms with Gasteiger partial charge in [0, 0.05) is 5.56 Å². The lowest BCUT2D eigenvalue weighted by atomic mass is 10.1. The summed E-state index contributed by atoms with van der Waals surface area (Å²) in [6.07, 6.45) is 0. The van der Waals surface area contributed by atoms with Crippen molar-refractivity contribution < 1.29 is 4.42 Å². The van der Waals surface area contributed by atoms with E-state index in [9.17, 15) is 4.79 Å². The fraction of sp³-hybridized carbons (Fsp3) is 0.154. The average molecular weight is 455 g/mol. The lowest BCUT2D eigenvalue weighted by Crippen LogP contribution is -2.22. The molecule has 2 heterocycles. The Hall–Kier alpha value is -3.71. The molecule has 0 radical (unpaired) electrons. The van der Waals surface area contributed by atoms with Crippen LogP contribution in [0.5, 0.6) is 0 Å². The van der Waals surface area contributed by atoms with Crippen LogP contribution in [0.4, 0.5) is 0 Å². The van der Waals surface area contributed by atoms with Gasteiger partial charge in [-0.25, -0.2) is 4.98 Å². The van der Waals surface area contributed by atoms with Crippen LogP contribution < -0.4 is 5.56 Å². The van der Waals surface area contributed by atoms with Crippen molar-refractivity contribution in [2.24, 2.45) is 0 Å². The number of nitrogens with zero attached hydrogens (tertiary/aromatic N) is 4. The summed E-state index contributed by atoms with van der Waals surface area (Å²) in [7, 11) is 0. The van der Waals surface area contributed by atoms with Gasteiger partial charge < -0.3 is 4.42 Å². The fourth-order valence-corrected chi connectivity index (χ4v) is 4.57. The molecule has 0 atom stereocenters. The highest BCUT2D eigenvalue weighted by molar-refractivity contribution is 7.98. The number of thioether (sulfide) groups is 1. The highest BCUT2D eigenvalue weighted by Crippen LogP contribution is 2.27. The molecule has 0 N–H and O–H groups in total. The van der Waals surface area contributed by atoms with Crippen LogP contribution in [-0.4, -0.2) is 19.7 Å². The van der Waals surface area contributed by atoms with Gasteiger partial charge in [0.15, 0.2) is 5.16 Å². The van der Waals surface area contributed by atoms with Gasteiger partial charge in [0.1, 0.15) is 0 Å². The first-order valence-corrected chi connectivity index (χ1v) is 11.6. The van der Waals surface area contributed by atoms with Crippen molar-refractivity contribution in [3.8, 4) is 17.1 Å². The van der Waals surface area contributed by atoms with E-state index in [-0.39, 0.29) is 5.56 Å². The maximum Gasteiger partial charge on any atom is 0.266 e. The van der Waals surface area contributed by atoms with Crippen LogP contribution >= 0.6 is 11.8 Å². The number of hydrogen-bond acceptors (Lipinski definition) is 6. The number of hydrogen-bond donors (Lipinski definition) is 0. The van der Waals surface area contributed by atoms with Crippen LogP contribution in [0.1, 0.15) is 22.6 Å². The van der Waals surface area contributed by atoms with Crippen molar-refractivity contribution in [3.63, 3.8) is 0 Å². The summed E-state index contributed by atoms with van der Waals surface area (Å²) in [4.78, 5) is 18.3. The van der Waals surface area contributed by atoms with Gasteiger partial charge in [-0.3, -0.25) is 9.36 Å². The van der Waals surface area contributed by atoms with E-state index in [1.807, 2.05) is 81.4 Å². The average Bonchev–Trinajstić information content (AvgIpc) is 3.28. The Kier molecular flexibility index (Phi) is 5.56. The zero-order chi connectivity index (χ0) is 22.9. The topological polar surface area (TPSA) is 73.8 Å². The summed E-state index contributed by atoms with van der Waals surface area (Å²) >= 11 is 1.40. The van der Waals surface area contributed by atoms with Gasteiger partial charge >= 0.3 is 0 Å². The number of para-hydroxylation sites is 1. The van der Waals surface area contributed by atoms with Crippen molar-refractivity contribution in [2.75, 3.05) is 0 Å². The third-order valence-corrected chi connectivity index (χ3v) is 6.35. The van der Waals surface area contributed by atoms with Crippen molar-refractivity contribution in [2.45, 2.75) is 31.7 Å². The zero-order valence-electron chi connectivity index (χ0n) is 18.6. The van der Waals surface area contributed by atoms with Crippen molar-refractivity contribution in [1.82, 2.24) is 19.7 Å². The van der Waals surface area contributed by atoms with Crippen LogP contribution in [0.15, 0.2) is 81.1 Å². The van der Waals surface area contributed by atoms with E-state index >= 15 is 0 Å². The normalized spacial score (nSPS) is 11.2. The van der Waals surface area contributed by atoms with E-state index in [4.69, 9.17) is 9.40 Å². The van der Waals surface area contributed by atoms with Gasteiger partial charge in [0.25, 0.3) is 5.56 Å². The van der Waals surface area contributed by atoms with Crippen LogP contribution in [0, 0.1) is 20.8 Å². The second-order valence-corrected chi connectivity index (χ2v) is 8.94. The molecule has 0 fully saturated rings. The maximum absolute atomic E-state index is 13.5. The minimum Gasteiger partial charge on any atom is -0.420 e. The summed E-state index contributed by atoms with van der Waals surface area (Å²) in [5.74, 6) is 1.35. The molecule has 2 aromatic heterocycles. The molecule has 0 unspecified atom stereocenters.